The van der Waals surface area contributed by atoms with Crippen LogP contribution < -0.4 is 5.32 Å². The molecular formula is C24H28N4O3S. The number of carbonyl (C=O) groups is 2. The first-order valence-electron chi connectivity index (χ1n) is 10.8. The number of benzene rings is 1. The molecule has 7 nitrogen and oxygen atoms in total. The molecule has 8 heteroatoms. The van der Waals surface area contributed by atoms with Crippen LogP contribution in [0.3, 0.4) is 0 Å². The van der Waals surface area contributed by atoms with Gasteiger partial charge in [-0.25, -0.2) is 4.98 Å². The summed E-state index contributed by atoms with van der Waals surface area (Å²) in [6, 6.07) is 9.16. The van der Waals surface area contributed by atoms with Gasteiger partial charge < -0.3 is 19.2 Å². The fraction of sp³-hybridized carbons (Fsp3) is 0.375. The van der Waals surface area contributed by atoms with Crippen LogP contribution in [0, 0.1) is 6.92 Å². The van der Waals surface area contributed by atoms with Crippen LogP contribution in [-0.4, -0.2) is 38.9 Å². The molecule has 1 aromatic carbocycles. The topological polar surface area (TPSA) is 80.4 Å². The number of imidazole rings is 1. The lowest BCUT2D eigenvalue weighted by Crippen LogP contribution is -2.42. The van der Waals surface area contributed by atoms with Gasteiger partial charge >= 0.3 is 0 Å². The molecule has 32 heavy (non-hydrogen) atoms. The monoisotopic (exact) mass is 452 g/mol. The lowest BCUT2D eigenvalue weighted by atomic mass is 10.0. The van der Waals surface area contributed by atoms with Crippen LogP contribution in [0.25, 0.3) is 0 Å². The maximum Gasteiger partial charge on any atom is 0.291 e. The number of likely N-dealkylation sites (tertiary alicyclic amines) is 1. The maximum absolute atomic E-state index is 12.9. The summed E-state index contributed by atoms with van der Waals surface area (Å²) < 4.78 is 7.65. The average molecular weight is 453 g/mol. The molecular weight excluding hydrogens is 424 g/mol. The third-order valence-electron chi connectivity index (χ3n) is 5.79. The Kier molecular flexibility index (Phi) is 6.69. The Bertz CT molecular complexity index is 1120. The number of aryl methyl sites for hydroxylation is 2. The molecule has 1 saturated heterocycles. The molecule has 168 valence electrons. The van der Waals surface area contributed by atoms with Crippen LogP contribution in [0.4, 0.5) is 5.69 Å². The van der Waals surface area contributed by atoms with Crippen molar-refractivity contribution >= 4 is 29.3 Å². The normalized spacial score (nSPS) is 16.2. The highest BCUT2D eigenvalue weighted by Gasteiger charge is 2.24. The van der Waals surface area contributed by atoms with Crippen molar-refractivity contribution in [3.05, 3.63) is 65.4 Å². The predicted octanol–water partition coefficient (Wildman–Crippen LogP) is 4.88. The van der Waals surface area contributed by atoms with Crippen LogP contribution in [0.1, 0.15) is 58.4 Å². The lowest BCUT2D eigenvalue weighted by molar-refractivity contribution is 0.0635. The summed E-state index contributed by atoms with van der Waals surface area (Å²) in [7, 11) is 1.94. The van der Waals surface area contributed by atoms with Crippen molar-refractivity contribution in [2.45, 2.75) is 50.1 Å². The number of aromatic nitrogens is 2. The zero-order valence-corrected chi connectivity index (χ0v) is 19.4. The van der Waals surface area contributed by atoms with E-state index in [1.54, 1.807) is 42.2 Å². The molecule has 3 aromatic rings. The molecule has 0 saturated carbocycles. The van der Waals surface area contributed by atoms with E-state index in [4.69, 9.17) is 4.42 Å². The van der Waals surface area contributed by atoms with E-state index in [9.17, 15) is 9.59 Å². The zero-order valence-electron chi connectivity index (χ0n) is 18.6. The number of furan rings is 1. The molecule has 2 aromatic heterocycles. The van der Waals surface area contributed by atoms with E-state index in [1.165, 1.54) is 6.42 Å². The van der Waals surface area contributed by atoms with Gasteiger partial charge in [0.05, 0.1) is 5.75 Å². The van der Waals surface area contributed by atoms with Crippen LogP contribution in [0.5, 0.6) is 0 Å². The highest BCUT2D eigenvalue weighted by molar-refractivity contribution is 7.98. The number of piperidine rings is 1. The van der Waals surface area contributed by atoms with Crippen LogP contribution in [0.15, 0.2) is 52.3 Å². The standard InChI is InChI=1S/C24H28N4O3S/c1-16-14-18(23(30)28-12-5-4-6-17(28)2)7-9-20(16)26-22(29)21-10-8-19(31-21)15-32-24-25-11-13-27(24)3/h7-11,13-14,17H,4-6,12,15H2,1-3H3,(H,26,29). The van der Waals surface area contributed by atoms with Gasteiger partial charge in [0.2, 0.25) is 0 Å². The van der Waals surface area contributed by atoms with E-state index in [2.05, 4.69) is 17.2 Å². The number of amides is 2. The summed E-state index contributed by atoms with van der Waals surface area (Å²) in [5, 5.41) is 3.78. The number of carbonyl (C=O) groups excluding carboxylic acids is 2. The van der Waals surface area contributed by atoms with Crippen molar-refractivity contribution in [2.24, 2.45) is 7.05 Å². The third-order valence-corrected chi connectivity index (χ3v) is 6.87. The van der Waals surface area contributed by atoms with E-state index in [0.717, 1.165) is 30.1 Å². The van der Waals surface area contributed by atoms with Crippen LogP contribution >= 0.6 is 11.8 Å². The predicted molar refractivity (Wildman–Crippen MR) is 125 cm³/mol. The number of thioether (sulfide) groups is 1. The summed E-state index contributed by atoms with van der Waals surface area (Å²) >= 11 is 1.54. The highest BCUT2D eigenvalue weighted by Crippen LogP contribution is 2.24. The first-order valence-corrected chi connectivity index (χ1v) is 11.8. The molecule has 1 aliphatic rings. The lowest BCUT2D eigenvalue weighted by Gasteiger charge is -2.33. The molecule has 1 fully saturated rings. The number of hydrogen-bond donors (Lipinski definition) is 1. The zero-order chi connectivity index (χ0) is 22.7. The first kappa shape index (κ1) is 22.2. The fourth-order valence-corrected chi connectivity index (χ4v) is 4.72. The van der Waals surface area contributed by atoms with Crippen molar-refractivity contribution in [3.63, 3.8) is 0 Å². The van der Waals surface area contributed by atoms with Crippen molar-refractivity contribution in [1.82, 2.24) is 14.5 Å². The molecule has 0 aliphatic carbocycles. The second-order valence-corrected chi connectivity index (χ2v) is 9.15. The Hall–Kier alpha value is -3.00. The van der Waals surface area contributed by atoms with E-state index in [-0.39, 0.29) is 23.6 Å². The van der Waals surface area contributed by atoms with Crippen LogP contribution in [0.2, 0.25) is 0 Å². The Morgan fingerprint density at radius 2 is 2.09 bits per heavy atom. The molecule has 0 bridgehead atoms. The minimum Gasteiger partial charge on any atom is -0.455 e. The SMILES string of the molecule is Cc1cc(C(=O)N2CCCCC2C)ccc1NC(=O)c1ccc(CSc2nccn2C)o1. The van der Waals surface area contributed by atoms with Gasteiger partial charge in [0.1, 0.15) is 5.76 Å². The van der Waals surface area contributed by atoms with E-state index in [1.807, 2.05) is 35.7 Å². The van der Waals surface area contributed by atoms with Crippen molar-refractivity contribution < 1.29 is 14.0 Å². The minimum atomic E-state index is -0.315. The van der Waals surface area contributed by atoms with E-state index < -0.39 is 0 Å². The molecule has 4 rings (SSSR count). The van der Waals surface area contributed by atoms with Crippen molar-refractivity contribution in [3.8, 4) is 0 Å². The maximum atomic E-state index is 12.9. The summed E-state index contributed by atoms with van der Waals surface area (Å²) in [6.07, 6.45) is 6.90. The van der Waals surface area contributed by atoms with Gasteiger partial charge in [-0.05, 0) is 69.0 Å². The van der Waals surface area contributed by atoms with E-state index in [0.29, 0.717) is 22.8 Å². The van der Waals surface area contributed by atoms with Gasteiger partial charge in [-0.2, -0.15) is 0 Å². The average Bonchev–Trinajstić information content (AvgIpc) is 3.42. The summed E-state index contributed by atoms with van der Waals surface area (Å²) in [4.78, 5) is 31.8. The number of anilines is 1. The minimum absolute atomic E-state index is 0.0547. The number of hydrogen-bond acceptors (Lipinski definition) is 5. The smallest absolute Gasteiger partial charge is 0.291 e. The van der Waals surface area contributed by atoms with Crippen molar-refractivity contribution in [1.29, 1.82) is 0 Å². The Balaban J connectivity index is 1.38. The second kappa shape index (κ2) is 9.65. The van der Waals surface area contributed by atoms with Crippen LogP contribution in [-0.2, 0) is 12.8 Å². The Morgan fingerprint density at radius 3 is 2.81 bits per heavy atom. The Labute approximate surface area is 192 Å². The largest absolute Gasteiger partial charge is 0.455 e. The molecule has 1 unspecified atom stereocenters. The highest BCUT2D eigenvalue weighted by atomic mass is 32.2. The summed E-state index contributed by atoms with van der Waals surface area (Å²) in [5.74, 6) is 1.28. The summed E-state index contributed by atoms with van der Waals surface area (Å²) in [6.45, 7) is 4.80. The van der Waals surface area contributed by atoms with E-state index >= 15 is 0 Å². The van der Waals surface area contributed by atoms with Gasteiger partial charge in [-0.15, -0.1) is 0 Å². The Morgan fingerprint density at radius 1 is 1.25 bits per heavy atom. The second-order valence-electron chi connectivity index (χ2n) is 8.20. The number of rotatable bonds is 6. The summed E-state index contributed by atoms with van der Waals surface area (Å²) in [5.41, 5.74) is 2.16. The molecule has 1 atom stereocenters. The fourth-order valence-electron chi connectivity index (χ4n) is 3.89. The van der Waals surface area contributed by atoms with Crippen molar-refractivity contribution in [2.75, 3.05) is 11.9 Å². The quantitative estimate of drug-likeness (QED) is 0.539. The molecule has 1 N–H and O–H groups in total. The third kappa shape index (κ3) is 4.91. The molecule has 0 spiro atoms. The number of nitrogens with one attached hydrogen (secondary N) is 1. The van der Waals surface area contributed by atoms with Gasteiger partial charge in [0, 0.05) is 43.3 Å². The van der Waals surface area contributed by atoms with Gasteiger partial charge in [0.15, 0.2) is 10.9 Å². The first-order chi connectivity index (χ1) is 15.4. The van der Waals surface area contributed by atoms with Gasteiger partial charge in [-0.3, -0.25) is 9.59 Å². The number of nitrogens with zero attached hydrogens (tertiary/aromatic N) is 3. The molecule has 2 amide bonds. The molecule has 0 radical (unpaired) electrons. The molecule has 1 aliphatic heterocycles. The van der Waals surface area contributed by atoms with Gasteiger partial charge in [-0.1, -0.05) is 11.8 Å². The van der Waals surface area contributed by atoms with Gasteiger partial charge in [0.25, 0.3) is 11.8 Å². The molecule has 3 heterocycles.